The molecule has 0 spiro atoms. The molecular weight excluding hydrogens is 491 g/mol. The van der Waals surface area contributed by atoms with Crippen LogP contribution in [0.15, 0.2) is 71.3 Å². The molecule has 0 bridgehead atoms. The summed E-state index contributed by atoms with van der Waals surface area (Å²) in [7, 11) is 1.43. The maximum Gasteiger partial charge on any atom is 0.468 e. The molecule has 1 aliphatic rings. The lowest BCUT2D eigenvalue weighted by atomic mass is 10.1. The van der Waals surface area contributed by atoms with Crippen LogP contribution in [0.4, 0.5) is 13.2 Å². The van der Waals surface area contributed by atoms with Gasteiger partial charge in [0, 0.05) is 23.4 Å². The summed E-state index contributed by atoms with van der Waals surface area (Å²) in [5.41, 5.74) is 1.33. The molecule has 2 amide bonds. The summed E-state index contributed by atoms with van der Waals surface area (Å²) in [5.74, 6) is -1.54. The van der Waals surface area contributed by atoms with Gasteiger partial charge in [0.1, 0.15) is 18.1 Å². The third-order valence-corrected chi connectivity index (χ3v) is 5.67. The molecule has 2 aromatic heterocycles. The third-order valence-electron chi connectivity index (χ3n) is 5.67. The van der Waals surface area contributed by atoms with Crippen molar-refractivity contribution in [3.63, 3.8) is 0 Å². The van der Waals surface area contributed by atoms with Crippen molar-refractivity contribution in [2.75, 3.05) is 20.3 Å². The number of oxazole rings is 1. The Morgan fingerprint density at radius 1 is 0.919 bits per heavy atom. The van der Waals surface area contributed by atoms with Gasteiger partial charge in [-0.3, -0.25) is 14.5 Å². The van der Waals surface area contributed by atoms with Crippen molar-refractivity contribution in [1.82, 2.24) is 14.9 Å². The van der Waals surface area contributed by atoms with Crippen molar-refractivity contribution >= 4 is 11.8 Å². The zero-order valence-corrected chi connectivity index (χ0v) is 19.3. The molecule has 0 atom stereocenters. The average Bonchev–Trinajstić information content (AvgIpc) is 3.46. The van der Waals surface area contributed by atoms with E-state index in [0.717, 1.165) is 4.90 Å². The molecular formula is C26H18F3N3O5. The van der Waals surface area contributed by atoms with Gasteiger partial charge >= 0.3 is 12.1 Å². The lowest BCUT2D eigenvalue weighted by Gasteiger charge is -2.14. The van der Waals surface area contributed by atoms with Gasteiger partial charge in [-0.1, -0.05) is 12.1 Å². The fraction of sp³-hybridized carbons (Fsp3) is 0.154. The van der Waals surface area contributed by atoms with Crippen LogP contribution in [0.25, 0.3) is 22.6 Å². The van der Waals surface area contributed by atoms with E-state index in [1.165, 1.54) is 37.6 Å². The number of benzene rings is 2. The largest absolute Gasteiger partial charge is 0.492 e. The number of rotatable bonds is 7. The Kier molecular flexibility index (Phi) is 6.12. The highest BCUT2D eigenvalue weighted by Crippen LogP contribution is 2.39. The molecule has 188 valence electrons. The fourth-order valence-electron chi connectivity index (χ4n) is 3.87. The van der Waals surface area contributed by atoms with Crippen molar-refractivity contribution in [3.05, 3.63) is 83.9 Å². The fourth-order valence-corrected chi connectivity index (χ4v) is 3.87. The molecule has 1 aliphatic heterocycles. The number of hydrogen-bond donors (Lipinski definition) is 0. The molecule has 0 N–H and O–H groups in total. The minimum Gasteiger partial charge on any atom is -0.492 e. The summed E-state index contributed by atoms with van der Waals surface area (Å²) >= 11 is 0. The van der Waals surface area contributed by atoms with Gasteiger partial charge < -0.3 is 13.9 Å². The summed E-state index contributed by atoms with van der Waals surface area (Å²) < 4.78 is 55.8. The number of nitrogens with zero attached hydrogens (tertiary/aromatic N) is 3. The molecule has 11 heteroatoms. The van der Waals surface area contributed by atoms with E-state index in [-0.39, 0.29) is 36.4 Å². The Labute approximate surface area is 208 Å². The van der Waals surface area contributed by atoms with E-state index in [0.29, 0.717) is 33.9 Å². The third kappa shape index (κ3) is 4.63. The number of pyridine rings is 1. The van der Waals surface area contributed by atoms with E-state index in [4.69, 9.17) is 13.9 Å². The van der Waals surface area contributed by atoms with Crippen LogP contribution in [-0.2, 0) is 6.18 Å². The first-order valence-corrected chi connectivity index (χ1v) is 11.0. The van der Waals surface area contributed by atoms with Gasteiger partial charge in [0.2, 0.25) is 5.88 Å². The Morgan fingerprint density at radius 3 is 2.14 bits per heavy atom. The standard InChI is InChI=1S/C26H18F3N3O5/c1-35-20-11-8-16(14-30-20)21-22(37-25(31-21)26(27,28)29)15-6-9-17(10-7-15)36-13-12-32-23(33)18-4-2-3-5-19(18)24(32)34/h2-11,14H,12-13H2,1H3. The molecule has 2 aromatic carbocycles. The molecule has 3 heterocycles. The number of hydrogen-bond acceptors (Lipinski definition) is 7. The van der Waals surface area contributed by atoms with E-state index in [1.54, 1.807) is 36.4 Å². The Balaban J connectivity index is 1.32. The van der Waals surface area contributed by atoms with E-state index < -0.39 is 12.1 Å². The number of alkyl halides is 3. The SMILES string of the molecule is COc1ccc(-c2nc(C(F)(F)F)oc2-c2ccc(OCCN3C(=O)c4ccccc4C3=O)cc2)cn1. The number of amides is 2. The number of aromatic nitrogens is 2. The van der Waals surface area contributed by atoms with E-state index in [9.17, 15) is 22.8 Å². The van der Waals surface area contributed by atoms with Crippen LogP contribution >= 0.6 is 0 Å². The number of fused-ring (bicyclic) bond motifs is 1. The highest BCUT2D eigenvalue weighted by atomic mass is 19.4. The van der Waals surface area contributed by atoms with Gasteiger partial charge in [0.15, 0.2) is 5.76 Å². The number of methoxy groups -OCH3 is 1. The zero-order chi connectivity index (χ0) is 26.2. The predicted molar refractivity (Wildman–Crippen MR) is 124 cm³/mol. The summed E-state index contributed by atoms with van der Waals surface area (Å²) in [6.45, 7) is 0.0773. The summed E-state index contributed by atoms with van der Waals surface area (Å²) in [4.78, 5) is 33.7. The van der Waals surface area contributed by atoms with Gasteiger partial charge in [-0.25, -0.2) is 9.97 Å². The first kappa shape index (κ1) is 24.0. The topological polar surface area (TPSA) is 94.8 Å². The number of carbonyl (C=O) groups is 2. The number of carbonyl (C=O) groups excluding carboxylic acids is 2. The highest BCUT2D eigenvalue weighted by Gasteiger charge is 2.39. The van der Waals surface area contributed by atoms with Gasteiger partial charge in [-0.05, 0) is 42.5 Å². The number of imide groups is 1. The van der Waals surface area contributed by atoms with Gasteiger partial charge in [0.25, 0.3) is 11.8 Å². The Bertz CT molecular complexity index is 1430. The van der Waals surface area contributed by atoms with Crippen LogP contribution in [0.3, 0.4) is 0 Å². The lowest BCUT2D eigenvalue weighted by molar-refractivity contribution is -0.156. The van der Waals surface area contributed by atoms with E-state index in [1.807, 2.05) is 0 Å². The molecule has 4 aromatic rings. The van der Waals surface area contributed by atoms with Gasteiger partial charge in [0.05, 0.1) is 24.8 Å². The molecule has 0 fully saturated rings. The molecule has 37 heavy (non-hydrogen) atoms. The van der Waals surface area contributed by atoms with E-state index in [2.05, 4.69) is 9.97 Å². The van der Waals surface area contributed by atoms with Crippen LogP contribution in [0, 0.1) is 0 Å². The quantitative estimate of drug-likeness (QED) is 0.320. The minimum atomic E-state index is -4.78. The summed E-state index contributed by atoms with van der Waals surface area (Å²) in [5, 5.41) is 0. The minimum absolute atomic E-state index is 0.0261. The van der Waals surface area contributed by atoms with Crippen molar-refractivity contribution in [2.45, 2.75) is 6.18 Å². The second-order valence-corrected chi connectivity index (χ2v) is 7.96. The predicted octanol–water partition coefficient (Wildman–Crippen LogP) is 5.11. The molecule has 0 aliphatic carbocycles. The average molecular weight is 509 g/mol. The van der Waals surface area contributed by atoms with Crippen molar-refractivity contribution in [2.24, 2.45) is 0 Å². The second kappa shape index (κ2) is 9.41. The smallest absolute Gasteiger partial charge is 0.468 e. The molecule has 8 nitrogen and oxygen atoms in total. The number of ether oxygens (including phenoxy) is 2. The van der Waals surface area contributed by atoms with Crippen molar-refractivity contribution in [3.8, 4) is 34.2 Å². The van der Waals surface area contributed by atoms with Gasteiger partial charge in [-0.15, -0.1) is 0 Å². The van der Waals surface area contributed by atoms with Crippen LogP contribution in [0.1, 0.15) is 26.6 Å². The van der Waals surface area contributed by atoms with Crippen LogP contribution in [-0.4, -0.2) is 46.9 Å². The van der Waals surface area contributed by atoms with Crippen molar-refractivity contribution in [1.29, 1.82) is 0 Å². The lowest BCUT2D eigenvalue weighted by Crippen LogP contribution is -2.33. The summed E-state index contributed by atoms with van der Waals surface area (Å²) in [6, 6.07) is 15.8. The first-order chi connectivity index (χ1) is 17.8. The van der Waals surface area contributed by atoms with Crippen LogP contribution < -0.4 is 9.47 Å². The monoisotopic (exact) mass is 509 g/mol. The molecule has 0 unspecified atom stereocenters. The van der Waals surface area contributed by atoms with Crippen molar-refractivity contribution < 1.29 is 36.7 Å². The molecule has 0 saturated heterocycles. The Hall–Kier alpha value is -4.67. The molecule has 5 rings (SSSR count). The molecule has 0 saturated carbocycles. The van der Waals surface area contributed by atoms with E-state index >= 15 is 0 Å². The second-order valence-electron chi connectivity index (χ2n) is 7.96. The van der Waals surface area contributed by atoms with Crippen LogP contribution in [0.2, 0.25) is 0 Å². The van der Waals surface area contributed by atoms with Gasteiger partial charge in [-0.2, -0.15) is 13.2 Å². The Morgan fingerprint density at radius 2 is 1.57 bits per heavy atom. The maximum atomic E-state index is 13.3. The maximum absolute atomic E-state index is 13.3. The summed E-state index contributed by atoms with van der Waals surface area (Å²) in [6.07, 6.45) is -3.43. The van der Waals surface area contributed by atoms with Crippen LogP contribution in [0.5, 0.6) is 11.6 Å². The molecule has 0 radical (unpaired) electrons. The number of halogens is 3. The first-order valence-electron chi connectivity index (χ1n) is 11.0. The highest BCUT2D eigenvalue weighted by molar-refractivity contribution is 6.21. The normalized spacial score (nSPS) is 13.1. The zero-order valence-electron chi connectivity index (χ0n) is 19.3.